The lowest BCUT2D eigenvalue weighted by atomic mass is 10.1. The predicted molar refractivity (Wildman–Crippen MR) is 85.7 cm³/mol. The van der Waals surface area contributed by atoms with Crippen molar-refractivity contribution in [3.8, 4) is 0 Å². The summed E-state index contributed by atoms with van der Waals surface area (Å²) in [7, 11) is 0. The number of allylic oxidation sites excluding steroid dienone is 1. The first-order valence-corrected chi connectivity index (χ1v) is 8.55. The minimum Gasteiger partial charge on any atom is -0.273 e. The number of nitrogens with zero attached hydrogens (tertiary/aromatic N) is 1. The van der Waals surface area contributed by atoms with Gasteiger partial charge in [-0.3, -0.25) is 9.59 Å². The van der Waals surface area contributed by atoms with E-state index < -0.39 is 9.04 Å². The minimum atomic E-state index is -1.70. The van der Waals surface area contributed by atoms with Gasteiger partial charge in [0.1, 0.15) is 0 Å². The average molecular weight is 359 g/mol. The number of alkyl halides is 3. The Balaban J connectivity index is 2.43. The van der Waals surface area contributed by atoms with E-state index in [0.29, 0.717) is 11.9 Å². The number of halogens is 3. The van der Waals surface area contributed by atoms with E-state index in [1.165, 1.54) is 19.3 Å². The number of carbonyl (C=O) groups excluding carboxylic acids is 2. The number of amides is 2. The number of rotatable bonds is 7. The van der Waals surface area contributed by atoms with Crippen molar-refractivity contribution >= 4 is 58.6 Å². The van der Waals surface area contributed by atoms with Crippen LogP contribution in [0.5, 0.6) is 0 Å². The van der Waals surface area contributed by atoms with E-state index in [4.69, 9.17) is 34.8 Å². The van der Waals surface area contributed by atoms with Crippen molar-refractivity contribution in [2.45, 2.75) is 48.6 Å². The third kappa shape index (κ3) is 6.25. The number of hydrogen-bond acceptors (Lipinski definition) is 3. The van der Waals surface area contributed by atoms with Crippen LogP contribution in [0.25, 0.3) is 0 Å². The third-order valence-electron chi connectivity index (χ3n) is 2.93. The van der Waals surface area contributed by atoms with Gasteiger partial charge in [-0.2, -0.15) is 0 Å². The van der Waals surface area contributed by atoms with Crippen molar-refractivity contribution in [3.63, 3.8) is 0 Å². The second-order valence-electron chi connectivity index (χ2n) is 4.65. The second-order valence-corrected chi connectivity index (χ2v) is 8.77. The molecule has 1 heterocycles. The molecule has 0 aliphatic carbocycles. The van der Waals surface area contributed by atoms with Crippen LogP contribution in [0.2, 0.25) is 0 Å². The van der Waals surface area contributed by atoms with E-state index in [-0.39, 0.29) is 18.2 Å². The zero-order valence-electron chi connectivity index (χ0n) is 11.3. The van der Waals surface area contributed by atoms with Crippen molar-refractivity contribution in [1.29, 1.82) is 0 Å². The Morgan fingerprint density at radius 1 is 1.30 bits per heavy atom. The van der Waals surface area contributed by atoms with Crippen LogP contribution in [-0.2, 0) is 9.59 Å². The number of hydrogen-bond donors (Lipinski definition) is 0. The highest BCUT2D eigenvalue weighted by Gasteiger charge is 2.41. The van der Waals surface area contributed by atoms with E-state index in [9.17, 15) is 9.59 Å². The average Bonchev–Trinajstić information content (AvgIpc) is 2.60. The first kappa shape index (κ1) is 18.1. The van der Waals surface area contributed by atoms with E-state index >= 15 is 0 Å². The number of carbonyl (C=O) groups is 2. The molecule has 3 nitrogen and oxygen atoms in total. The van der Waals surface area contributed by atoms with Crippen LogP contribution in [0.1, 0.15) is 45.4 Å². The second kappa shape index (κ2) is 8.52. The van der Waals surface area contributed by atoms with Crippen molar-refractivity contribution < 1.29 is 9.59 Å². The molecular formula is C13H18Cl3NO2S. The zero-order chi connectivity index (χ0) is 15.2. The molecule has 0 aromatic heterocycles. The van der Waals surface area contributed by atoms with Crippen LogP contribution in [-0.4, -0.2) is 19.2 Å². The molecule has 0 aromatic carbocycles. The molecule has 0 aromatic rings. The highest BCUT2D eigenvalue weighted by atomic mass is 35.6. The molecular weight excluding hydrogens is 341 g/mol. The lowest BCUT2D eigenvalue weighted by Crippen LogP contribution is -2.26. The molecule has 0 radical (unpaired) electrons. The Hall–Kier alpha value is 0.1000. The molecule has 7 heteroatoms. The van der Waals surface area contributed by atoms with Gasteiger partial charge in [0, 0.05) is 18.4 Å². The monoisotopic (exact) mass is 357 g/mol. The van der Waals surface area contributed by atoms with E-state index in [1.807, 2.05) is 6.08 Å². The molecule has 2 amide bonds. The topological polar surface area (TPSA) is 37.4 Å². The van der Waals surface area contributed by atoms with Crippen LogP contribution in [0.15, 0.2) is 12.2 Å². The van der Waals surface area contributed by atoms with E-state index in [2.05, 4.69) is 6.92 Å². The number of imide groups is 1. The van der Waals surface area contributed by atoms with Gasteiger partial charge < -0.3 is 0 Å². The van der Waals surface area contributed by atoms with Crippen LogP contribution >= 0.6 is 46.8 Å². The van der Waals surface area contributed by atoms with Gasteiger partial charge in [0.15, 0.2) is 0 Å². The summed E-state index contributed by atoms with van der Waals surface area (Å²) in [6.45, 7) is 2.16. The van der Waals surface area contributed by atoms with Gasteiger partial charge >= 0.3 is 0 Å². The molecule has 1 aliphatic rings. The fraction of sp³-hybridized carbons (Fsp3) is 0.692. The van der Waals surface area contributed by atoms with Gasteiger partial charge in [-0.1, -0.05) is 73.1 Å². The van der Waals surface area contributed by atoms with Gasteiger partial charge in [-0.25, -0.2) is 4.31 Å². The summed E-state index contributed by atoms with van der Waals surface area (Å²) in [6.07, 6.45) is 9.55. The standard InChI is InChI=1S/C13H18Cl3NO2S/c1-2-3-4-5-6-7-8-10-9-11(18)17(12(10)19)20-13(14,15)16/h7-8,10H,2-6,9H2,1H3/b8-7+. The summed E-state index contributed by atoms with van der Waals surface area (Å²) < 4.78 is -0.747. The SMILES string of the molecule is CCCCCC/C=C/C1CC(=O)N(SC(Cl)(Cl)Cl)C1=O. The molecule has 1 aliphatic heterocycles. The van der Waals surface area contributed by atoms with Crippen LogP contribution < -0.4 is 0 Å². The maximum atomic E-state index is 12.0. The quantitative estimate of drug-likeness (QED) is 0.214. The van der Waals surface area contributed by atoms with Crippen LogP contribution in [0.4, 0.5) is 0 Å². The third-order valence-corrected chi connectivity index (χ3v) is 4.32. The van der Waals surface area contributed by atoms with Crippen molar-refractivity contribution in [3.05, 3.63) is 12.2 Å². The summed E-state index contributed by atoms with van der Waals surface area (Å²) in [6, 6.07) is 0. The Morgan fingerprint density at radius 3 is 2.60 bits per heavy atom. The molecule has 1 unspecified atom stereocenters. The molecule has 1 atom stereocenters. The number of unbranched alkanes of at least 4 members (excludes halogenated alkanes) is 4. The highest BCUT2D eigenvalue weighted by Crippen LogP contribution is 2.43. The van der Waals surface area contributed by atoms with Crippen molar-refractivity contribution in [2.75, 3.05) is 0 Å². The van der Waals surface area contributed by atoms with Crippen molar-refractivity contribution in [2.24, 2.45) is 5.92 Å². The smallest absolute Gasteiger partial charge is 0.256 e. The lowest BCUT2D eigenvalue weighted by Gasteiger charge is -2.17. The minimum absolute atomic E-state index is 0.151. The highest BCUT2D eigenvalue weighted by molar-refractivity contribution is 8.03. The van der Waals surface area contributed by atoms with Crippen LogP contribution in [0.3, 0.4) is 0 Å². The molecule has 1 saturated heterocycles. The summed E-state index contributed by atoms with van der Waals surface area (Å²) in [5.74, 6) is -1.04. The summed E-state index contributed by atoms with van der Waals surface area (Å²) >= 11 is 17.4. The fourth-order valence-electron chi connectivity index (χ4n) is 1.93. The largest absolute Gasteiger partial charge is 0.273 e. The summed E-state index contributed by atoms with van der Waals surface area (Å²) in [4.78, 5) is 23.7. The van der Waals surface area contributed by atoms with Gasteiger partial charge in [0.2, 0.25) is 11.8 Å². The Labute approximate surface area is 139 Å². The van der Waals surface area contributed by atoms with Gasteiger partial charge in [0.05, 0.1) is 5.92 Å². The van der Waals surface area contributed by atoms with Crippen LogP contribution in [0, 0.1) is 5.92 Å². The van der Waals surface area contributed by atoms with Gasteiger partial charge in [0.25, 0.3) is 3.12 Å². The molecule has 0 bridgehead atoms. The maximum Gasteiger partial charge on any atom is 0.256 e. The first-order chi connectivity index (χ1) is 9.35. The van der Waals surface area contributed by atoms with E-state index in [1.54, 1.807) is 6.08 Å². The molecule has 20 heavy (non-hydrogen) atoms. The molecule has 114 valence electrons. The Morgan fingerprint density at radius 2 is 2.00 bits per heavy atom. The molecule has 0 spiro atoms. The summed E-state index contributed by atoms with van der Waals surface area (Å²) in [5.41, 5.74) is 0. The van der Waals surface area contributed by atoms with Gasteiger partial charge in [-0.15, -0.1) is 0 Å². The predicted octanol–water partition coefficient (Wildman–Crippen LogP) is 4.86. The molecule has 0 N–H and O–H groups in total. The Kier molecular flexibility index (Phi) is 7.73. The molecule has 1 fully saturated rings. The van der Waals surface area contributed by atoms with Gasteiger partial charge in [-0.05, 0) is 12.8 Å². The molecule has 1 rings (SSSR count). The zero-order valence-corrected chi connectivity index (χ0v) is 14.4. The fourth-order valence-corrected chi connectivity index (χ4v) is 3.16. The molecule has 0 saturated carbocycles. The summed E-state index contributed by atoms with van der Waals surface area (Å²) in [5, 5.41) is 0. The van der Waals surface area contributed by atoms with Crippen molar-refractivity contribution in [1.82, 2.24) is 4.31 Å². The Bertz CT molecular complexity index is 382. The lowest BCUT2D eigenvalue weighted by molar-refractivity contribution is -0.132. The van der Waals surface area contributed by atoms with E-state index in [0.717, 1.165) is 17.1 Å². The normalized spacial score (nSPS) is 20.4. The first-order valence-electron chi connectivity index (χ1n) is 6.64. The maximum absolute atomic E-state index is 12.0.